The fourth-order valence-corrected chi connectivity index (χ4v) is 3.33. The Bertz CT molecular complexity index is 691. The van der Waals surface area contributed by atoms with Gasteiger partial charge < -0.3 is 0 Å². The molecule has 3 aliphatic rings. The van der Waals surface area contributed by atoms with Crippen molar-refractivity contribution in [3.63, 3.8) is 0 Å². The third-order valence-electron chi connectivity index (χ3n) is 4.68. The van der Waals surface area contributed by atoms with Crippen LogP contribution in [-0.4, -0.2) is 22.9 Å². The lowest BCUT2D eigenvalue weighted by molar-refractivity contribution is -0.148. The monoisotopic (exact) mass is 328 g/mol. The van der Waals surface area contributed by atoms with Crippen molar-refractivity contribution in [3.05, 3.63) is 72.9 Å². The molecule has 0 N–H and O–H groups in total. The van der Waals surface area contributed by atoms with Crippen LogP contribution >= 0.6 is 0 Å². The molecule has 0 aliphatic heterocycles. The molecule has 0 heterocycles. The predicted molar refractivity (Wildman–Crippen MR) is 88.8 cm³/mol. The molecule has 0 saturated carbocycles. The molecule has 124 valence electrons. The van der Waals surface area contributed by atoms with E-state index >= 15 is 8.78 Å². The molecule has 2 atom stereocenters. The molecule has 0 aromatic rings. The molecular formula is C20H18F2O2. The normalized spacial score (nSPS) is 36.9. The Labute approximate surface area is 139 Å². The molecule has 0 fully saturated rings. The minimum atomic E-state index is -2.30. The van der Waals surface area contributed by atoms with Gasteiger partial charge in [0.25, 0.3) is 0 Å². The van der Waals surface area contributed by atoms with Gasteiger partial charge in [-0.1, -0.05) is 60.8 Å². The number of hydrogen-bond donors (Lipinski definition) is 0. The molecule has 0 radical (unpaired) electrons. The number of halogens is 2. The summed E-state index contributed by atoms with van der Waals surface area (Å²) in [6.45, 7) is 0. The van der Waals surface area contributed by atoms with E-state index in [9.17, 15) is 9.59 Å². The molecule has 3 rings (SSSR count). The number of alkyl halides is 2. The van der Waals surface area contributed by atoms with Crippen molar-refractivity contribution in [1.82, 2.24) is 0 Å². The van der Waals surface area contributed by atoms with Crippen molar-refractivity contribution in [2.75, 3.05) is 0 Å². The molecule has 3 aliphatic carbocycles. The van der Waals surface area contributed by atoms with Gasteiger partial charge in [0.15, 0.2) is 22.9 Å². The van der Waals surface area contributed by atoms with Crippen LogP contribution in [0, 0.1) is 5.41 Å². The highest BCUT2D eigenvalue weighted by Crippen LogP contribution is 2.43. The predicted octanol–water partition coefficient (Wildman–Crippen LogP) is 4.08. The summed E-state index contributed by atoms with van der Waals surface area (Å²) in [7, 11) is 0. The smallest absolute Gasteiger partial charge is 0.192 e. The van der Waals surface area contributed by atoms with Gasteiger partial charge in [0.2, 0.25) is 0 Å². The fraction of sp³-hybridized carbons (Fsp3) is 0.300. The van der Waals surface area contributed by atoms with Crippen LogP contribution in [0.4, 0.5) is 8.78 Å². The summed E-state index contributed by atoms with van der Waals surface area (Å²) in [6, 6.07) is 0. The number of rotatable bonds is 4. The van der Waals surface area contributed by atoms with E-state index in [1.807, 2.05) is 0 Å². The summed E-state index contributed by atoms with van der Waals surface area (Å²) in [5, 5.41) is 0. The second-order valence-electron chi connectivity index (χ2n) is 6.33. The standard InChI is InChI=1S/C20H18F2O2/c21-19(12-6-2-7-13-19)16(23)18(10-4-1-5-11-18)17(24)20(22)14-8-3-9-15-20/h1-10,12,14H,11,13,15H2. The van der Waals surface area contributed by atoms with E-state index < -0.39 is 28.3 Å². The van der Waals surface area contributed by atoms with Gasteiger partial charge in [-0.3, -0.25) is 9.59 Å². The van der Waals surface area contributed by atoms with E-state index in [1.165, 1.54) is 36.5 Å². The minimum absolute atomic E-state index is 0.0341. The molecular weight excluding hydrogens is 310 g/mol. The topological polar surface area (TPSA) is 34.1 Å². The van der Waals surface area contributed by atoms with Crippen LogP contribution in [0.5, 0.6) is 0 Å². The van der Waals surface area contributed by atoms with Crippen LogP contribution in [0.15, 0.2) is 72.9 Å². The van der Waals surface area contributed by atoms with Crippen LogP contribution in [0.1, 0.15) is 19.3 Å². The van der Waals surface area contributed by atoms with E-state index in [4.69, 9.17) is 0 Å². The molecule has 0 saturated heterocycles. The first-order valence-electron chi connectivity index (χ1n) is 7.94. The number of hydrogen-bond acceptors (Lipinski definition) is 2. The lowest BCUT2D eigenvalue weighted by Gasteiger charge is -2.38. The van der Waals surface area contributed by atoms with Gasteiger partial charge in [0, 0.05) is 12.8 Å². The number of allylic oxidation sites excluding steroid dienone is 12. The Morgan fingerprint density at radius 1 is 0.625 bits per heavy atom. The highest BCUT2D eigenvalue weighted by Gasteiger charge is 2.57. The molecule has 4 heteroatoms. The zero-order valence-electron chi connectivity index (χ0n) is 13.1. The van der Waals surface area contributed by atoms with Gasteiger partial charge in [-0.05, 0) is 18.6 Å². The quantitative estimate of drug-likeness (QED) is 0.729. The van der Waals surface area contributed by atoms with Crippen LogP contribution in [0.25, 0.3) is 0 Å². The van der Waals surface area contributed by atoms with Gasteiger partial charge in [0.05, 0.1) is 0 Å². The first-order valence-corrected chi connectivity index (χ1v) is 7.94. The molecule has 0 bridgehead atoms. The van der Waals surface area contributed by atoms with Crippen molar-refractivity contribution >= 4 is 11.6 Å². The molecule has 2 nitrogen and oxygen atoms in total. The maximum Gasteiger partial charge on any atom is 0.192 e. The van der Waals surface area contributed by atoms with Crippen molar-refractivity contribution in [1.29, 1.82) is 0 Å². The zero-order chi connectivity index (χ0) is 17.3. The second-order valence-corrected chi connectivity index (χ2v) is 6.33. The fourth-order valence-electron chi connectivity index (χ4n) is 3.33. The number of carbonyl (C=O) groups excluding carboxylic acids is 2. The van der Waals surface area contributed by atoms with Crippen LogP contribution in [0.2, 0.25) is 0 Å². The van der Waals surface area contributed by atoms with Crippen LogP contribution < -0.4 is 0 Å². The number of Topliss-reactive ketones (excluding diaryl/α,β-unsaturated/α-hetero) is 2. The third kappa shape index (κ3) is 2.56. The first kappa shape index (κ1) is 16.5. The highest BCUT2D eigenvalue weighted by molar-refractivity contribution is 6.16. The number of carbonyl (C=O) groups is 2. The van der Waals surface area contributed by atoms with E-state index in [1.54, 1.807) is 24.3 Å². The lowest BCUT2D eigenvalue weighted by Crippen LogP contribution is -2.54. The highest BCUT2D eigenvalue weighted by atomic mass is 19.1. The average Bonchev–Trinajstić information content (AvgIpc) is 2.62. The Morgan fingerprint density at radius 3 is 1.38 bits per heavy atom. The largest absolute Gasteiger partial charge is 0.294 e. The Kier molecular flexibility index (Phi) is 4.08. The summed E-state index contributed by atoms with van der Waals surface area (Å²) in [5.41, 5.74) is -6.43. The summed E-state index contributed by atoms with van der Waals surface area (Å²) >= 11 is 0. The minimum Gasteiger partial charge on any atom is -0.294 e. The summed E-state index contributed by atoms with van der Waals surface area (Å²) in [4.78, 5) is 26.1. The maximum atomic E-state index is 15.2. The molecule has 24 heavy (non-hydrogen) atoms. The zero-order valence-corrected chi connectivity index (χ0v) is 13.1. The molecule has 0 amide bonds. The van der Waals surface area contributed by atoms with E-state index in [2.05, 4.69) is 0 Å². The van der Waals surface area contributed by atoms with Crippen LogP contribution in [-0.2, 0) is 9.59 Å². The summed E-state index contributed by atoms with van der Waals surface area (Å²) in [6.07, 6.45) is 17.3. The molecule has 0 aromatic carbocycles. The molecule has 0 aromatic heterocycles. The van der Waals surface area contributed by atoms with Gasteiger partial charge in [-0.15, -0.1) is 0 Å². The Balaban J connectivity index is 2.03. The van der Waals surface area contributed by atoms with Gasteiger partial charge >= 0.3 is 0 Å². The van der Waals surface area contributed by atoms with E-state index in [0.29, 0.717) is 0 Å². The summed E-state index contributed by atoms with van der Waals surface area (Å²) in [5.74, 6) is -1.80. The van der Waals surface area contributed by atoms with Crippen molar-refractivity contribution in [2.24, 2.45) is 5.41 Å². The second kappa shape index (κ2) is 5.93. The third-order valence-corrected chi connectivity index (χ3v) is 4.68. The van der Waals surface area contributed by atoms with Gasteiger partial charge in [-0.25, -0.2) is 8.78 Å². The van der Waals surface area contributed by atoms with Crippen molar-refractivity contribution in [2.45, 2.75) is 30.6 Å². The van der Waals surface area contributed by atoms with Gasteiger partial charge in [-0.2, -0.15) is 0 Å². The lowest BCUT2D eigenvalue weighted by atomic mass is 9.64. The number of ketones is 2. The molecule has 0 spiro atoms. The molecule has 2 unspecified atom stereocenters. The van der Waals surface area contributed by atoms with E-state index in [0.717, 1.165) is 12.2 Å². The van der Waals surface area contributed by atoms with Gasteiger partial charge in [0.1, 0.15) is 5.41 Å². The maximum absolute atomic E-state index is 15.2. The Hall–Kier alpha value is -2.36. The van der Waals surface area contributed by atoms with Crippen molar-refractivity contribution < 1.29 is 18.4 Å². The van der Waals surface area contributed by atoms with Crippen LogP contribution in [0.3, 0.4) is 0 Å². The summed E-state index contributed by atoms with van der Waals surface area (Å²) < 4.78 is 30.4. The Morgan fingerprint density at radius 2 is 1.04 bits per heavy atom. The first-order chi connectivity index (χ1) is 11.4. The SMILES string of the molecule is O=C(C1(F)C=CC=CC1)C1(C(=O)C2(F)C=CC=CC2)C=CC=CC1. The average molecular weight is 328 g/mol. The van der Waals surface area contributed by atoms with E-state index in [-0.39, 0.29) is 19.3 Å². The van der Waals surface area contributed by atoms with Crippen molar-refractivity contribution in [3.8, 4) is 0 Å².